The number of rotatable bonds is 1. The van der Waals surface area contributed by atoms with E-state index in [2.05, 4.69) is 5.32 Å². The van der Waals surface area contributed by atoms with Crippen LogP contribution in [0.15, 0.2) is 18.2 Å². The molecule has 1 aliphatic heterocycles. The van der Waals surface area contributed by atoms with E-state index in [4.69, 9.17) is 11.6 Å². The van der Waals surface area contributed by atoms with E-state index >= 15 is 0 Å². The Bertz CT molecular complexity index is 311. The van der Waals surface area contributed by atoms with Crippen LogP contribution in [0.1, 0.15) is 24.4 Å². The summed E-state index contributed by atoms with van der Waals surface area (Å²) < 4.78 is 13.5. The lowest BCUT2D eigenvalue weighted by Crippen LogP contribution is -2.14. The maximum atomic E-state index is 13.5. The highest BCUT2D eigenvalue weighted by molar-refractivity contribution is 6.30. The Labute approximate surface area is 94.1 Å². The van der Waals surface area contributed by atoms with Crippen molar-refractivity contribution in [1.82, 2.24) is 5.32 Å². The Morgan fingerprint density at radius 1 is 1.43 bits per heavy atom. The first-order chi connectivity index (χ1) is 6.29. The fourth-order valence-corrected chi connectivity index (χ4v) is 1.92. The molecule has 1 atom stereocenters. The zero-order chi connectivity index (χ0) is 9.26. The summed E-state index contributed by atoms with van der Waals surface area (Å²) in [5.41, 5.74) is 0.699. The molecule has 0 spiro atoms. The summed E-state index contributed by atoms with van der Waals surface area (Å²) in [6.07, 6.45) is 2.11. The van der Waals surface area contributed by atoms with Crippen molar-refractivity contribution in [1.29, 1.82) is 0 Å². The van der Waals surface area contributed by atoms with Crippen LogP contribution in [0.4, 0.5) is 4.39 Å². The van der Waals surface area contributed by atoms with Crippen LogP contribution in [0.3, 0.4) is 0 Å². The predicted molar refractivity (Wildman–Crippen MR) is 58.6 cm³/mol. The van der Waals surface area contributed by atoms with Gasteiger partial charge in [0, 0.05) is 11.6 Å². The Hall–Kier alpha value is -0.310. The van der Waals surface area contributed by atoms with E-state index < -0.39 is 0 Å². The van der Waals surface area contributed by atoms with E-state index in [1.807, 2.05) is 0 Å². The first-order valence-corrected chi connectivity index (χ1v) is 4.84. The molecule has 0 bridgehead atoms. The molecule has 78 valence electrons. The van der Waals surface area contributed by atoms with Crippen LogP contribution in [-0.4, -0.2) is 6.54 Å². The molecule has 0 amide bonds. The third-order valence-corrected chi connectivity index (χ3v) is 2.71. The molecule has 0 radical (unpaired) electrons. The van der Waals surface area contributed by atoms with Crippen molar-refractivity contribution in [3.05, 3.63) is 34.6 Å². The highest BCUT2D eigenvalue weighted by Gasteiger charge is 2.20. The van der Waals surface area contributed by atoms with E-state index in [0.29, 0.717) is 5.56 Å². The third kappa shape index (κ3) is 2.19. The maximum absolute atomic E-state index is 13.5. The van der Waals surface area contributed by atoms with Gasteiger partial charge in [-0.15, -0.1) is 12.4 Å². The van der Waals surface area contributed by atoms with Gasteiger partial charge < -0.3 is 5.32 Å². The van der Waals surface area contributed by atoms with Crippen LogP contribution in [0.2, 0.25) is 5.02 Å². The Kier molecular flexibility index (Phi) is 4.17. The number of benzene rings is 1. The SMILES string of the molecule is Cl.Fc1c(Cl)cccc1[C@@H]1CCCN1. The van der Waals surface area contributed by atoms with E-state index in [1.165, 1.54) is 0 Å². The van der Waals surface area contributed by atoms with Crippen LogP contribution in [0.25, 0.3) is 0 Å². The molecule has 0 unspecified atom stereocenters. The van der Waals surface area contributed by atoms with Gasteiger partial charge in [0.2, 0.25) is 0 Å². The normalized spacial score (nSPS) is 20.6. The molecule has 1 N–H and O–H groups in total. The minimum absolute atomic E-state index is 0. The van der Waals surface area contributed by atoms with Crippen molar-refractivity contribution in [2.24, 2.45) is 0 Å². The summed E-state index contributed by atoms with van der Waals surface area (Å²) in [7, 11) is 0. The van der Waals surface area contributed by atoms with Gasteiger partial charge in [0.15, 0.2) is 0 Å². The molecule has 14 heavy (non-hydrogen) atoms. The Morgan fingerprint density at radius 3 is 2.86 bits per heavy atom. The van der Waals surface area contributed by atoms with Crippen LogP contribution in [-0.2, 0) is 0 Å². The van der Waals surface area contributed by atoms with Gasteiger partial charge in [-0.2, -0.15) is 0 Å². The van der Waals surface area contributed by atoms with Gasteiger partial charge in [-0.05, 0) is 25.5 Å². The van der Waals surface area contributed by atoms with Gasteiger partial charge in [0.1, 0.15) is 5.82 Å². The number of hydrogen-bond donors (Lipinski definition) is 1. The van der Waals surface area contributed by atoms with Gasteiger partial charge in [-0.1, -0.05) is 23.7 Å². The number of halogens is 3. The Balaban J connectivity index is 0.000000980. The molecular weight excluding hydrogens is 224 g/mol. The molecule has 1 aromatic carbocycles. The van der Waals surface area contributed by atoms with Crippen molar-refractivity contribution in [3.8, 4) is 0 Å². The maximum Gasteiger partial charge on any atom is 0.146 e. The lowest BCUT2D eigenvalue weighted by Gasteiger charge is -2.11. The quantitative estimate of drug-likeness (QED) is 0.788. The standard InChI is InChI=1S/C10H11ClFN.ClH/c11-8-4-1-3-7(10(8)12)9-5-2-6-13-9;/h1,3-4,9,13H,2,5-6H2;1H/t9-;/m0./s1. The largest absolute Gasteiger partial charge is 0.310 e. The van der Waals surface area contributed by atoms with E-state index in [0.717, 1.165) is 19.4 Å². The number of hydrogen-bond acceptors (Lipinski definition) is 1. The van der Waals surface area contributed by atoms with Crippen molar-refractivity contribution in [2.75, 3.05) is 6.54 Å². The monoisotopic (exact) mass is 235 g/mol. The molecule has 0 aliphatic carbocycles. The second kappa shape index (κ2) is 4.96. The van der Waals surface area contributed by atoms with Crippen LogP contribution >= 0.6 is 24.0 Å². The van der Waals surface area contributed by atoms with E-state index in [1.54, 1.807) is 18.2 Å². The van der Waals surface area contributed by atoms with Crippen molar-refractivity contribution < 1.29 is 4.39 Å². The summed E-state index contributed by atoms with van der Waals surface area (Å²) in [6.45, 7) is 0.969. The molecule has 4 heteroatoms. The fraction of sp³-hybridized carbons (Fsp3) is 0.400. The lowest BCUT2D eigenvalue weighted by atomic mass is 10.1. The molecular formula is C10H12Cl2FN. The van der Waals surface area contributed by atoms with Crippen LogP contribution < -0.4 is 5.32 Å². The van der Waals surface area contributed by atoms with Crippen LogP contribution in [0.5, 0.6) is 0 Å². The molecule has 0 aromatic heterocycles. The predicted octanol–water partition coefficient (Wildman–Crippen LogP) is 3.33. The van der Waals surface area contributed by atoms with Crippen molar-refractivity contribution in [3.63, 3.8) is 0 Å². The average molecular weight is 236 g/mol. The molecule has 1 heterocycles. The minimum atomic E-state index is -0.274. The highest BCUT2D eigenvalue weighted by atomic mass is 35.5. The highest BCUT2D eigenvalue weighted by Crippen LogP contribution is 2.28. The van der Waals surface area contributed by atoms with E-state index in [-0.39, 0.29) is 29.3 Å². The average Bonchev–Trinajstić information content (AvgIpc) is 2.62. The van der Waals surface area contributed by atoms with Gasteiger partial charge in [0.05, 0.1) is 5.02 Å². The molecule has 0 saturated carbocycles. The van der Waals surface area contributed by atoms with Gasteiger partial charge in [-0.3, -0.25) is 0 Å². The topological polar surface area (TPSA) is 12.0 Å². The summed E-state index contributed by atoms with van der Waals surface area (Å²) >= 11 is 5.69. The minimum Gasteiger partial charge on any atom is -0.310 e. The summed E-state index contributed by atoms with van der Waals surface area (Å²) in [5, 5.41) is 3.46. The Morgan fingerprint density at radius 2 is 2.21 bits per heavy atom. The zero-order valence-corrected chi connectivity index (χ0v) is 9.17. The molecule has 1 saturated heterocycles. The number of nitrogens with one attached hydrogen (secondary N) is 1. The summed E-state index contributed by atoms with van der Waals surface area (Å²) in [5.74, 6) is -0.274. The molecule has 1 aromatic rings. The molecule has 1 aliphatic rings. The zero-order valence-electron chi connectivity index (χ0n) is 7.59. The smallest absolute Gasteiger partial charge is 0.146 e. The van der Waals surface area contributed by atoms with Gasteiger partial charge in [0.25, 0.3) is 0 Å². The third-order valence-electron chi connectivity index (χ3n) is 2.42. The fourth-order valence-electron chi connectivity index (χ4n) is 1.74. The second-order valence-corrected chi connectivity index (χ2v) is 3.70. The second-order valence-electron chi connectivity index (χ2n) is 3.29. The summed E-state index contributed by atoms with van der Waals surface area (Å²) in [6, 6.07) is 5.32. The van der Waals surface area contributed by atoms with Crippen LogP contribution in [0, 0.1) is 5.82 Å². The van der Waals surface area contributed by atoms with Gasteiger partial charge >= 0.3 is 0 Å². The van der Waals surface area contributed by atoms with Crippen molar-refractivity contribution >= 4 is 24.0 Å². The molecule has 1 fully saturated rings. The molecule has 1 nitrogen and oxygen atoms in total. The van der Waals surface area contributed by atoms with Gasteiger partial charge in [-0.25, -0.2) is 4.39 Å². The molecule has 2 rings (SSSR count). The summed E-state index contributed by atoms with van der Waals surface area (Å²) in [4.78, 5) is 0. The first-order valence-electron chi connectivity index (χ1n) is 4.46. The van der Waals surface area contributed by atoms with Crippen molar-refractivity contribution in [2.45, 2.75) is 18.9 Å². The first kappa shape index (κ1) is 11.8. The van der Waals surface area contributed by atoms with E-state index in [9.17, 15) is 4.39 Å². The lowest BCUT2D eigenvalue weighted by molar-refractivity contribution is 0.559.